The summed E-state index contributed by atoms with van der Waals surface area (Å²) in [4.78, 5) is 11.6. The molecule has 0 aromatic carbocycles. The molecule has 0 amide bonds. The summed E-state index contributed by atoms with van der Waals surface area (Å²) in [6.45, 7) is 10.7. The van der Waals surface area contributed by atoms with Crippen molar-refractivity contribution in [1.29, 1.82) is 0 Å². The SMILES string of the molecule is CC/C=C\C/C=C\CCCCCCCCOC(=O)OC(C)C(C)(C)C. The number of carbonyl (C=O) groups excluding carboxylic acids is 1. The van der Waals surface area contributed by atoms with Gasteiger partial charge in [0, 0.05) is 0 Å². The molecule has 25 heavy (non-hydrogen) atoms. The molecule has 0 rings (SSSR count). The lowest BCUT2D eigenvalue weighted by molar-refractivity contribution is -0.00897. The molecule has 0 heterocycles. The Bertz CT molecular complexity index is 377. The standard InChI is InChI=1S/C22H40O3/c1-6-7-8-9-10-11-12-13-14-15-16-17-18-19-24-21(23)25-20(2)22(3,4)5/h7-8,10-11,20H,6,9,12-19H2,1-5H3/b8-7-,11-10-. The number of rotatable bonds is 13. The molecule has 0 bridgehead atoms. The van der Waals surface area contributed by atoms with Gasteiger partial charge in [-0.05, 0) is 44.4 Å². The van der Waals surface area contributed by atoms with Crippen molar-refractivity contribution >= 4 is 6.16 Å². The summed E-state index contributed by atoms with van der Waals surface area (Å²) >= 11 is 0. The molecule has 0 aliphatic rings. The molecule has 1 unspecified atom stereocenters. The van der Waals surface area contributed by atoms with Gasteiger partial charge in [-0.2, -0.15) is 0 Å². The van der Waals surface area contributed by atoms with Crippen LogP contribution in [-0.2, 0) is 9.47 Å². The lowest BCUT2D eigenvalue weighted by Gasteiger charge is -2.26. The number of carbonyl (C=O) groups is 1. The van der Waals surface area contributed by atoms with Crippen molar-refractivity contribution in [3.63, 3.8) is 0 Å². The van der Waals surface area contributed by atoms with E-state index in [1.807, 2.05) is 27.7 Å². The molecular weight excluding hydrogens is 312 g/mol. The predicted molar refractivity (Wildman–Crippen MR) is 107 cm³/mol. The minimum atomic E-state index is -0.539. The molecule has 0 fully saturated rings. The lowest BCUT2D eigenvalue weighted by atomic mass is 9.90. The number of ether oxygens (including phenoxy) is 2. The van der Waals surface area contributed by atoms with Gasteiger partial charge < -0.3 is 9.47 Å². The van der Waals surface area contributed by atoms with Crippen molar-refractivity contribution in [3.8, 4) is 0 Å². The van der Waals surface area contributed by atoms with Gasteiger partial charge in [0.05, 0.1) is 6.61 Å². The third-order valence-electron chi connectivity index (χ3n) is 4.32. The first kappa shape index (κ1) is 23.8. The smallest absolute Gasteiger partial charge is 0.434 e. The van der Waals surface area contributed by atoms with Gasteiger partial charge in [0.1, 0.15) is 6.10 Å². The highest BCUT2D eigenvalue weighted by Gasteiger charge is 2.24. The zero-order valence-corrected chi connectivity index (χ0v) is 17.2. The summed E-state index contributed by atoms with van der Waals surface area (Å²) in [6.07, 6.45) is 18.7. The van der Waals surface area contributed by atoms with Crippen molar-refractivity contribution in [3.05, 3.63) is 24.3 Å². The van der Waals surface area contributed by atoms with E-state index in [0.29, 0.717) is 6.61 Å². The maximum Gasteiger partial charge on any atom is 0.508 e. The van der Waals surface area contributed by atoms with Gasteiger partial charge in [0.15, 0.2) is 0 Å². The Morgan fingerprint density at radius 1 is 0.920 bits per heavy atom. The first-order valence-electron chi connectivity index (χ1n) is 10.0. The molecule has 0 aliphatic carbocycles. The van der Waals surface area contributed by atoms with Gasteiger partial charge in [-0.25, -0.2) is 4.79 Å². The highest BCUT2D eigenvalue weighted by Crippen LogP contribution is 2.22. The highest BCUT2D eigenvalue weighted by molar-refractivity contribution is 5.60. The van der Waals surface area contributed by atoms with Crippen LogP contribution in [-0.4, -0.2) is 18.9 Å². The topological polar surface area (TPSA) is 35.5 Å². The molecule has 3 heteroatoms. The van der Waals surface area contributed by atoms with Gasteiger partial charge in [-0.15, -0.1) is 0 Å². The number of hydrogen-bond donors (Lipinski definition) is 0. The molecule has 1 atom stereocenters. The van der Waals surface area contributed by atoms with E-state index in [9.17, 15) is 4.79 Å². The fourth-order valence-corrected chi connectivity index (χ4v) is 2.14. The number of unbranched alkanes of at least 4 members (excludes halogenated alkanes) is 6. The summed E-state index contributed by atoms with van der Waals surface area (Å²) in [5.74, 6) is 0. The van der Waals surface area contributed by atoms with Crippen molar-refractivity contribution in [2.75, 3.05) is 6.61 Å². The Kier molecular flexibility index (Phi) is 14.3. The highest BCUT2D eigenvalue weighted by atomic mass is 16.7. The average Bonchev–Trinajstić information content (AvgIpc) is 2.54. The van der Waals surface area contributed by atoms with Crippen LogP contribution in [0.25, 0.3) is 0 Å². The van der Waals surface area contributed by atoms with Crippen LogP contribution in [0, 0.1) is 5.41 Å². The molecule has 0 aromatic rings. The van der Waals surface area contributed by atoms with E-state index in [1.54, 1.807) is 0 Å². The first-order valence-corrected chi connectivity index (χ1v) is 10.0. The van der Waals surface area contributed by atoms with Gasteiger partial charge in [-0.3, -0.25) is 0 Å². The normalized spacial score (nSPS) is 13.5. The van der Waals surface area contributed by atoms with E-state index in [4.69, 9.17) is 9.47 Å². The average molecular weight is 353 g/mol. The molecule has 0 saturated carbocycles. The second-order valence-electron chi connectivity index (χ2n) is 7.72. The van der Waals surface area contributed by atoms with E-state index >= 15 is 0 Å². The monoisotopic (exact) mass is 352 g/mol. The Labute approximate surface area is 155 Å². The van der Waals surface area contributed by atoms with E-state index in [1.165, 1.54) is 32.1 Å². The van der Waals surface area contributed by atoms with Crippen LogP contribution in [0.4, 0.5) is 4.79 Å². The fourth-order valence-electron chi connectivity index (χ4n) is 2.14. The Balaban J connectivity index is 3.39. The second-order valence-corrected chi connectivity index (χ2v) is 7.72. The Hall–Kier alpha value is -1.25. The van der Waals surface area contributed by atoms with Crippen molar-refractivity contribution < 1.29 is 14.3 Å². The van der Waals surface area contributed by atoms with Gasteiger partial charge in [0.25, 0.3) is 0 Å². The molecule has 146 valence electrons. The van der Waals surface area contributed by atoms with Crippen LogP contribution in [0.1, 0.15) is 92.4 Å². The van der Waals surface area contributed by atoms with Gasteiger partial charge >= 0.3 is 6.16 Å². The third kappa shape index (κ3) is 16.0. The predicted octanol–water partition coefficient (Wildman–Crippen LogP) is 7.22. The van der Waals surface area contributed by atoms with Crippen LogP contribution in [0.5, 0.6) is 0 Å². The minimum Gasteiger partial charge on any atom is -0.434 e. The maximum atomic E-state index is 11.6. The summed E-state index contributed by atoms with van der Waals surface area (Å²) in [5, 5.41) is 0. The Morgan fingerprint density at radius 2 is 1.52 bits per heavy atom. The van der Waals surface area contributed by atoms with E-state index in [2.05, 4.69) is 31.2 Å². The largest absolute Gasteiger partial charge is 0.508 e. The van der Waals surface area contributed by atoms with Crippen LogP contribution in [0.3, 0.4) is 0 Å². The number of allylic oxidation sites excluding steroid dienone is 4. The number of hydrogen-bond acceptors (Lipinski definition) is 3. The molecule has 0 aromatic heterocycles. The minimum absolute atomic E-state index is 0.0551. The van der Waals surface area contributed by atoms with Crippen molar-refractivity contribution in [2.24, 2.45) is 5.41 Å². The molecule has 0 N–H and O–H groups in total. The summed E-state index contributed by atoms with van der Waals surface area (Å²) in [6, 6.07) is 0. The summed E-state index contributed by atoms with van der Waals surface area (Å²) in [5.41, 5.74) is -0.0551. The quantitative estimate of drug-likeness (QED) is 0.199. The molecule has 0 radical (unpaired) electrons. The van der Waals surface area contributed by atoms with Gasteiger partial charge in [-0.1, -0.05) is 77.7 Å². The van der Waals surface area contributed by atoms with E-state index in [-0.39, 0.29) is 11.5 Å². The van der Waals surface area contributed by atoms with Crippen molar-refractivity contribution in [2.45, 2.75) is 98.5 Å². The molecule has 0 saturated heterocycles. The van der Waals surface area contributed by atoms with E-state index in [0.717, 1.165) is 25.7 Å². The van der Waals surface area contributed by atoms with Crippen LogP contribution < -0.4 is 0 Å². The third-order valence-corrected chi connectivity index (χ3v) is 4.32. The fraction of sp³-hybridized carbons (Fsp3) is 0.773. The molecular formula is C22H40O3. The zero-order chi connectivity index (χ0) is 19.0. The van der Waals surface area contributed by atoms with Gasteiger partial charge in [0.2, 0.25) is 0 Å². The summed E-state index contributed by atoms with van der Waals surface area (Å²) in [7, 11) is 0. The van der Waals surface area contributed by atoms with Crippen molar-refractivity contribution in [1.82, 2.24) is 0 Å². The molecule has 3 nitrogen and oxygen atoms in total. The molecule has 0 spiro atoms. The second kappa shape index (κ2) is 15.0. The first-order chi connectivity index (χ1) is 11.9. The maximum absolute atomic E-state index is 11.6. The molecule has 0 aliphatic heterocycles. The lowest BCUT2D eigenvalue weighted by Crippen LogP contribution is -2.29. The Morgan fingerprint density at radius 3 is 2.16 bits per heavy atom. The summed E-state index contributed by atoms with van der Waals surface area (Å²) < 4.78 is 10.4. The van der Waals surface area contributed by atoms with Crippen LogP contribution >= 0.6 is 0 Å². The van der Waals surface area contributed by atoms with Crippen LogP contribution in [0.2, 0.25) is 0 Å². The zero-order valence-electron chi connectivity index (χ0n) is 17.2. The van der Waals surface area contributed by atoms with E-state index < -0.39 is 6.16 Å². The van der Waals surface area contributed by atoms with Crippen LogP contribution in [0.15, 0.2) is 24.3 Å².